The van der Waals surface area contributed by atoms with E-state index in [1.54, 1.807) is 6.20 Å². The van der Waals surface area contributed by atoms with E-state index in [9.17, 15) is 4.79 Å². The summed E-state index contributed by atoms with van der Waals surface area (Å²) in [6.45, 7) is 7.24. The zero-order valence-electron chi connectivity index (χ0n) is 12.2. The summed E-state index contributed by atoms with van der Waals surface area (Å²) in [5.41, 5.74) is 7.41. The molecule has 0 bridgehead atoms. The number of carbonyl (C=O) groups excluding carboxylic acids is 1. The lowest BCUT2D eigenvalue weighted by molar-refractivity contribution is -0.120. The number of thiocarbonyl (C=S) groups is 1. The minimum Gasteiger partial charge on any atom is -0.389 e. The van der Waals surface area contributed by atoms with Crippen molar-refractivity contribution < 1.29 is 4.79 Å². The first-order valence-corrected chi connectivity index (χ1v) is 7.08. The molecule has 0 aliphatic rings. The van der Waals surface area contributed by atoms with Gasteiger partial charge in [-0.2, -0.15) is 0 Å². The highest BCUT2D eigenvalue weighted by Gasteiger charge is 2.10. The number of hydrogen-bond donors (Lipinski definition) is 3. The third kappa shape index (κ3) is 5.13. The predicted molar refractivity (Wildman–Crippen MR) is 85.8 cm³/mol. The van der Waals surface area contributed by atoms with E-state index >= 15 is 0 Å². The van der Waals surface area contributed by atoms with Gasteiger partial charge < -0.3 is 16.4 Å². The number of nitrogens with zero attached hydrogens (tertiary/aromatic N) is 1. The molecule has 6 heteroatoms. The van der Waals surface area contributed by atoms with E-state index in [1.807, 2.05) is 13.0 Å². The summed E-state index contributed by atoms with van der Waals surface area (Å²) in [6, 6.07) is 1.86. The average Bonchev–Trinajstić information content (AvgIpc) is 2.36. The Hall–Kier alpha value is -1.69. The number of nitrogens with two attached hydrogens (primary N) is 1. The third-order valence-electron chi connectivity index (χ3n) is 2.76. The minimum atomic E-state index is 0.0238. The lowest BCUT2D eigenvalue weighted by Crippen LogP contribution is -2.29. The second-order valence-electron chi connectivity index (χ2n) is 5.09. The first-order valence-electron chi connectivity index (χ1n) is 6.67. The molecule has 1 aromatic heterocycles. The Morgan fingerprint density at radius 1 is 1.50 bits per heavy atom. The number of aryl methyl sites for hydroxylation is 1. The van der Waals surface area contributed by atoms with E-state index in [-0.39, 0.29) is 5.91 Å². The van der Waals surface area contributed by atoms with Gasteiger partial charge in [-0.3, -0.25) is 4.79 Å². The van der Waals surface area contributed by atoms with Gasteiger partial charge in [-0.15, -0.1) is 0 Å². The van der Waals surface area contributed by atoms with Crippen molar-refractivity contribution in [2.24, 2.45) is 11.7 Å². The van der Waals surface area contributed by atoms with Gasteiger partial charge in [0.1, 0.15) is 10.8 Å². The average molecular weight is 294 g/mol. The van der Waals surface area contributed by atoms with Crippen molar-refractivity contribution in [3.05, 3.63) is 23.4 Å². The summed E-state index contributed by atoms with van der Waals surface area (Å²) in [6.07, 6.45) is 2.08. The molecule has 0 saturated heterocycles. The summed E-state index contributed by atoms with van der Waals surface area (Å²) in [4.78, 5) is 16.1. The van der Waals surface area contributed by atoms with Crippen LogP contribution < -0.4 is 16.4 Å². The van der Waals surface area contributed by atoms with Crippen molar-refractivity contribution in [2.45, 2.75) is 27.2 Å². The van der Waals surface area contributed by atoms with Crippen molar-refractivity contribution in [3.8, 4) is 0 Å². The Kier molecular flexibility index (Phi) is 6.38. The first kappa shape index (κ1) is 16.4. The smallest absolute Gasteiger partial charge is 0.221 e. The van der Waals surface area contributed by atoms with Crippen LogP contribution in [0.1, 0.15) is 31.4 Å². The van der Waals surface area contributed by atoms with Crippen LogP contribution in [0.3, 0.4) is 0 Å². The molecule has 4 N–H and O–H groups in total. The van der Waals surface area contributed by atoms with E-state index in [2.05, 4.69) is 29.5 Å². The van der Waals surface area contributed by atoms with E-state index in [0.29, 0.717) is 36.2 Å². The van der Waals surface area contributed by atoms with Crippen LogP contribution in [0.5, 0.6) is 0 Å². The largest absolute Gasteiger partial charge is 0.389 e. The number of carbonyl (C=O) groups is 1. The summed E-state index contributed by atoms with van der Waals surface area (Å²) in [5.74, 6) is 1.11. The molecule has 0 spiro atoms. The third-order valence-corrected chi connectivity index (χ3v) is 2.96. The maximum absolute atomic E-state index is 11.6. The van der Waals surface area contributed by atoms with Gasteiger partial charge >= 0.3 is 0 Å². The zero-order chi connectivity index (χ0) is 15.1. The molecule has 1 heterocycles. The van der Waals surface area contributed by atoms with Gasteiger partial charge in [0.25, 0.3) is 0 Å². The van der Waals surface area contributed by atoms with Crippen molar-refractivity contribution in [3.63, 3.8) is 0 Å². The molecular weight excluding hydrogens is 272 g/mol. The molecule has 110 valence electrons. The van der Waals surface area contributed by atoms with Crippen LogP contribution in [-0.4, -0.2) is 29.0 Å². The predicted octanol–water partition coefficient (Wildman–Crippen LogP) is 1.60. The number of anilines is 1. The molecule has 0 aromatic carbocycles. The SMILES string of the molecule is Cc1ccnc(NCCC(=O)NCC(C)C)c1C(N)=S. The molecule has 0 atom stereocenters. The second-order valence-corrected chi connectivity index (χ2v) is 5.53. The fourth-order valence-corrected chi connectivity index (χ4v) is 1.96. The van der Waals surface area contributed by atoms with Gasteiger partial charge in [0.15, 0.2) is 0 Å². The number of hydrogen-bond acceptors (Lipinski definition) is 4. The van der Waals surface area contributed by atoms with Crippen molar-refractivity contribution in [2.75, 3.05) is 18.4 Å². The van der Waals surface area contributed by atoms with Crippen LogP contribution in [0, 0.1) is 12.8 Å². The lowest BCUT2D eigenvalue weighted by Gasteiger charge is -2.12. The number of amides is 1. The number of pyridine rings is 1. The van der Waals surface area contributed by atoms with Gasteiger partial charge in [0.2, 0.25) is 5.91 Å². The van der Waals surface area contributed by atoms with Crippen molar-refractivity contribution >= 4 is 28.9 Å². The Morgan fingerprint density at radius 3 is 2.80 bits per heavy atom. The molecule has 0 saturated carbocycles. The molecule has 0 radical (unpaired) electrons. The summed E-state index contributed by atoms with van der Waals surface area (Å²) >= 11 is 5.03. The summed E-state index contributed by atoms with van der Waals surface area (Å²) < 4.78 is 0. The molecule has 0 unspecified atom stereocenters. The minimum absolute atomic E-state index is 0.0238. The number of nitrogens with one attached hydrogen (secondary N) is 2. The van der Waals surface area contributed by atoms with E-state index in [0.717, 1.165) is 11.1 Å². The quantitative estimate of drug-likeness (QED) is 0.666. The Bertz CT molecular complexity index is 488. The Morgan fingerprint density at radius 2 is 2.20 bits per heavy atom. The standard InChI is InChI=1S/C14H22N4OS/c1-9(2)8-18-11(19)5-7-17-14-12(13(15)20)10(3)4-6-16-14/h4,6,9H,5,7-8H2,1-3H3,(H2,15,20)(H,16,17)(H,18,19). The van der Waals surface area contributed by atoms with Crippen LogP contribution in [-0.2, 0) is 4.79 Å². The van der Waals surface area contributed by atoms with Crippen LogP contribution in [0.25, 0.3) is 0 Å². The fourth-order valence-electron chi connectivity index (χ4n) is 1.70. The number of aromatic nitrogens is 1. The lowest BCUT2D eigenvalue weighted by atomic mass is 10.1. The van der Waals surface area contributed by atoms with Gasteiger partial charge in [-0.25, -0.2) is 4.98 Å². The highest BCUT2D eigenvalue weighted by molar-refractivity contribution is 7.80. The molecule has 20 heavy (non-hydrogen) atoms. The van der Waals surface area contributed by atoms with Crippen molar-refractivity contribution in [1.82, 2.24) is 10.3 Å². The van der Waals surface area contributed by atoms with E-state index < -0.39 is 0 Å². The molecule has 1 amide bonds. The van der Waals surface area contributed by atoms with Gasteiger partial charge in [0.05, 0.1) is 5.56 Å². The molecule has 0 fully saturated rings. The van der Waals surface area contributed by atoms with Crippen LogP contribution in [0.15, 0.2) is 12.3 Å². The number of rotatable bonds is 7. The second kappa shape index (κ2) is 7.79. The summed E-state index contributed by atoms with van der Waals surface area (Å²) in [7, 11) is 0. The highest BCUT2D eigenvalue weighted by Crippen LogP contribution is 2.16. The highest BCUT2D eigenvalue weighted by atomic mass is 32.1. The van der Waals surface area contributed by atoms with Gasteiger partial charge in [-0.05, 0) is 24.5 Å². The molecule has 1 rings (SSSR count). The molecule has 0 aliphatic carbocycles. The Labute approximate surface area is 125 Å². The van der Waals surface area contributed by atoms with Crippen LogP contribution in [0.2, 0.25) is 0 Å². The monoisotopic (exact) mass is 294 g/mol. The van der Waals surface area contributed by atoms with Crippen LogP contribution >= 0.6 is 12.2 Å². The van der Waals surface area contributed by atoms with Crippen LogP contribution in [0.4, 0.5) is 5.82 Å². The van der Waals surface area contributed by atoms with Crippen molar-refractivity contribution in [1.29, 1.82) is 0 Å². The molecule has 5 nitrogen and oxygen atoms in total. The van der Waals surface area contributed by atoms with E-state index in [1.165, 1.54) is 0 Å². The van der Waals surface area contributed by atoms with E-state index in [4.69, 9.17) is 18.0 Å². The Balaban J connectivity index is 2.52. The van der Waals surface area contributed by atoms with Gasteiger partial charge in [-0.1, -0.05) is 26.1 Å². The first-order chi connectivity index (χ1) is 9.41. The topological polar surface area (TPSA) is 80.0 Å². The maximum Gasteiger partial charge on any atom is 0.221 e. The summed E-state index contributed by atoms with van der Waals surface area (Å²) in [5, 5.41) is 5.98. The molecule has 1 aromatic rings. The maximum atomic E-state index is 11.6. The van der Waals surface area contributed by atoms with Gasteiger partial charge in [0, 0.05) is 25.7 Å². The fraction of sp³-hybridized carbons (Fsp3) is 0.500. The molecular formula is C14H22N4OS. The zero-order valence-corrected chi connectivity index (χ0v) is 13.0. The molecule has 0 aliphatic heterocycles. The normalized spacial score (nSPS) is 10.4.